The maximum atomic E-state index is 12.0. The second kappa shape index (κ2) is 6.39. The lowest BCUT2D eigenvalue weighted by Gasteiger charge is -2.46. The number of hydrogen-bond acceptors (Lipinski definition) is 3. The molecular weight excluding hydrogens is 280 g/mol. The maximum Gasteiger partial charge on any atom is 0.387 e. The van der Waals surface area contributed by atoms with Gasteiger partial charge in [0.2, 0.25) is 5.91 Å². The van der Waals surface area contributed by atoms with Gasteiger partial charge in [-0.3, -0.25) is 4.79 Å². The van der Waals surface area contributed by atoms with E-state index in [0.717, 1.165) is 12.0 Å². The van der Waals surface area contributed by atoms with Gasteiger partial charge in [-0.05, 0) is 24.1 Å². The molecule has 116 valence electrons. The molecule has 1 aliphatic heterocycles. The van der Waals surface area contributed by atoms with Gasteiger partial charge in [0.15, 0.2) is 0 Å². The van der Waals surface area contributed by atoms with E-state index in [-0.39, 0.29) is 18.1 Å². The molecule has 1 amide bonds. The Morgan fingerprint density at radius 2 is 2.00 bits per heavy atom. The zero-order valence-electron chi connectivity index (χ0n) is 11.9. The molecule has 1 aliphatic rings. The second-order valence-corrected chi connectivity index (χ2v) is 5.42. The maximum absolute atomic E-state index is 12.0. The van der Waals surface area contributed by atoms with Crippen LogP contribution in [0.1, 0.15) is 25.3 Å². The van der Waals surface area contributed by atoms with Crippen molar-refractivity contribution in [2.75, 3.05) is 13.1 Å². The van der Waals surface area contributed by atoms with E-state index in [1.807, 2.05) is 6.92 Å². The first-order chi connectivity index (χ1) is 9.92. The topological polar surface area (TPSA) is 49.8 Å². The summed E-state index contributed by atoms with van der Waals surface area (Å²) in [4.78, 5) is 13.6. The van der Waals surface area contributed by atoms with Crippen LogP contribution in [0.25, 0.3) is 0 Å². The van der Waals surface area contributed by atoms with Crippen molar-refractivity contribution in [1.29, 1.82) is 0 Å². The molecule has 6 heteroatoms. The molecule has 0 unspecified atom stereocenters. The number of carbonyl (C=O) groups is 1. The molecule has 1 fully saturated rings. The minimum Gasteiger partial charge on any atom is -0.435 e. The Kier molecular flexibility index (Phi) is 4.77. The number of likely N-dealkylation sites (tertiary alicyclic amines) is 1. The van der Waals surface area contributed by atoms with E-state index in [4.69, 9.17) is 0 Å². The molecular formula is C15H19F2NO3. The van der Waals surface area contributed by atoms with Crippen LogP contribution in [-0.4, -0.2) is 41.2 Å². The standard InChI is InChI=1S/C15H19F2NO3/c1-2-7-15(20)9-18(10-15)13(19)8-11-3-5-12(6-4-11)21-14(16)17/h3-6,14,20H,2,7-10H2,1H3. The number of β-amino-alcohol motifs (C(OH)–C–C–N with tert-alkyl or cyclic N) is 1. The van der Waals surface area contributed by atoms with Crippen LogP contribution >= 0.6 is 0 Å². The molecule has 1 saturated heterocycles. The van der Waals surface area contributed by atoms with Crippen LogP contribution in [-0.2, 0) is 11.2 Å². The predicted molar refractivity (Wildman–Crippen MR) is 73.2 cm³/mol. The normalized spacial score (nSPS) is 16.7. The highest BCUT2D eigenvalue weighted by molar-refractivity contribution is 5.80. The average Bonchev–Trinajstić information content (AvgIpc) is 2.37. The van der Waals surface area contributed by atoms with Crippen LogP contribution in [0, 0.1) is 0 Å². The number of rotatable bonds is 6. The van der Waals surface area contributed by atoms with Crippen molar-refractivity contribution in [3.63, 3.8) is 0 Å². The molecule has 1 heterocycles. The molecule has 1 aromatic rings. The molecule has 0 atom stereocenters. The van der Waals surface area contributed by atoms with Gasteiger partial charge in [-0.15, -0.1) is 0 Å². The third-order valence-corrected chi connectivity index (χ3v) is 3.54. The van der Waals surface area contributed by atoms with Crippen LogP contribution in [0.3, 0.4) is 0 Å². The molecule has 2 rings (SSSR count). The van der Waals surface area contributed by atoms with Gasteiger partial charge in [-0.1, -0.05) is 25.5 Å². The van der Waals surface area contributed by atoms with Gasteiger partial charge in [0.05, 0.1) is 25.1 Å². The lowest BCUT2D eigenvalue weighted by Crippen LogP contribution is -2.63. The van der Waals surface area contributed by atoms with E-state index in [1.165, 1.54) is 12.1 Å². The number of halogens is 2. The first-order valence-corrected chi connectivity index (χ1v) is 6.96. The lowest BCUT2D eigenvalue weighted by atomic mass is 9.89. The van der Waals surface area contributed by atoms with E-state index in [2.05, 4.69) is 4.74 Å². The summed E-state index contributed by atoms with van der Waals surface area (Å²) < 4.78 is 28.3. The number of benzene rings is 1. The molecule has 0 aromatic heterocycles. The molecule has 21 heavy (non-hydrogen) atoms. The lowest BCUT2D eigenvalue weighted by molar-refractivity contribution is -0.155. The van der Waals surface area contributed by atoms with Crippen molar-refractivity contribution >= 4 is 5.91 Å². The Morgan fingerprint density at radius 1 is 1.38 bits per heavy atom. The molecule has 0 spiro atoms. The summed E-state index contributed by atoms with van der Waals surface area (Å²) in [5, 5.41) is 10.0. The van der Waals surface area contributed by atoms with Crippen molar-refractivity contribution in [1.82, 2.24) is 4.90 Å². The van der Waals surface area contributed by atoms with Gasteiger partial charge in [-0.25, -0.2) is 0 Å². The summed E-state index contributed by atoms with van der Waals surface area (Å²) in [7, 11) is 0. The van der Waals surface area contributed by atoms with Crippen LogP contribution < -0.4 is 4.74 Å². The number of amides is 1. The summed E-state index contributed by atoms with van der Waals surface area (Å²) >= 11 is 0. The molecule has 0 bridgehead atoms. The first kappa shape index (κ1) is 15.7. The third kappa shape index (κ3) is 4.14. The number of aliphatic hydroxyl groups is 1. The monoisotopic (exact) mass is 299 g/mol. The van der Waals surface area contributed by atoms with Crippen LogP contribution in [0.2, 0.25) is 0 Å². The van der Waals surface area contributed by atoms with E-state index < -0.39 is 12.2 Å². The van der Waals surface area contributed by atoms with Crippen molar-refractivity contribution in [2.24, 2.45) is 0 Å². The highest BCUT2D eigenvalue weighted by atomic mass is 19.3. The third-order valence-electron chi connectivity index (χ3n) is 3.54. The summed E-state index contributed by atoms with van der Waals surface area (Å²) in [6.45, 7) is -0.126. The Balaban J connectivity index is 1.84. The molecule has 0 saturated carbocycles. The summed E-state index contributed by atoms with van der Waals surface area (Å²) in [6.07, 6.45) is 1.76. The van der Waals surface area contributed by atoms with E-state index in [1.54, 1.807) is 17.0 Å². The van der Waals surface area contributed by atoms with Gasteiger partial charge in [-0.2, -0.15) is 8.78 Å². The number of nitrogens with zero attached hydrogens (tertiary/aromatic N) is 1. The number of carbonyl (C=O) groups excluding carboxylic acids is 1. The van der Waals surface area contributed by atoms with E-state index >= 15 is 0 Å². The SMILES string of the molecule is CCCC1(O)CN(C(=O)Cc2ccc(OC(F)F)cc2)C1. The Hall–Kier alpha value is -1.69. The Morgan fingerprint density at radius 3 is 2.52 bits per heavy atom. The Bertz CT molecular complexity index is 484. The number of ether oxygens (including phenoxy) is 1. The quantitative estimate of drug-likeness (QED) is 0.876. The highest BCUT2D eigenvalue weighted by Gasteiger charge is 2.42. The minimum absolute atomic E-state index is 0.0710. The summed E-state index contributed by atoms with van der Waals surface area (Å²) in [6, 6.07) is 6.01. The molecule has 1 aromatic carbocycles. The molecule has 4 nitrogen and oxygen atoms in total. The van der Waals surface area contributed by atoms with Gasteiger partial charge in [0.1, 0.15) is 5.75 Å². The fourth-order valence-electron chi connectivity index (χ4n) is 2.54. The van der Waals surface area contributed by atoms with E-state index in [9.17, 15) is 18.7 Å². The summed E-state index contributed by atoms with van der Waals surface area (Å²) in [5.74, 6) is 0.000719. The molecule has 0 aliphatic carbocycles. The zero-order valence-corrected chi connectivity index (χ0v) is 11.9. The van der Waals surface area contributed by atoms with Gasteiger partial charge in [0, 0.05) is 0 Å². The molecule has 0 radical (unpaired) electrons. The number of alkyl halides is 2. The average molecular weight is 299 g/mol. The van der Waals surface area contributed by atoms with Crippen molar-refractivity contribution in [2.45, 2.75) is 38.4 Å². The summed E-state index contributed by atoms with van der Waals surface area (Å²) in [5.41, 5.74) is -0.00752. The second-order valence-electron chi connectivity index (χ2n) is 5.42. The van der Waals surface area contributed by atoms with Crippen LogP contribution in [0.4, 0.5) is 8.78 Å². The van der Waals surface area contributed by atoms with Crippen LogP contribution in [0.5, 0.6) is 5.75 Å². The Labute approximate surface area is 122 Å². The van der Waals surface area contributed by atoms with Gasteiger partial charge in [0.25, 0.3) is 0 Å². The van der Waals surface area contributed by atoms with E-state index in [0.29, 0.717) is 19.5 Å². The van der Waals surface area contributed by atoms with Gasteiger partial charge < -0.3 is 14.7 Å². The van der Waals surface area contributed by atoms with Crippen LogP contribution in [0.15, 0.2) is 24.3 Å². The highest BCUT2D eigenvalue weighted by Crippen LogP contribution is 2.26. The first-order valence-electron chi connectivity index (χ1n) is 6.96. The fraction of sp³-hybridized carbons (Fsp3) is 0.533. The minimum atomic E-state index is -2.85. The van der Waals surface area contributed by atoms with Crippen molar-refractivity contribution < 1.29 is 23.4 Å². The molecule has 1 N–H and O–H groups in total. The van der Waals surface area contributed by atoms with Crippen molar-refractivity contribution in [3.05, 3.63) is 29.8 Å². The van der Waals surface area contributed by atoms with Crippen molar-refractivity contribution in [3.8, 4) is 5.75 Å². The zero-order chi connectivity index (χ0) is 15.5. The fourth-order valence-corrected chi connectivity index (χ4v) is 2.54. The van der Waals surface area contributed by atoms with Gasteiger partial charge >= 0.3 is 6.61 Å². The largest absolute Gasteiger partial charge is 0.435 e. The predicted octanol–water partition coefficient (Wildman–Crippen LogP) is 2.20. The smallest absolute Gasteiger partial charge is 0.387 e. The number of hydrogen-bond donors (Lipinski definition) is 1.